The second-order valence-corrected chi connectivity index (χ2v) is 6.92. The summed E-state index contributed by atoms with van der Waals surface area (Å²) in [5.41, 5.74) is 1.52. The van der Waals surface area contributed by atoms with E-state index in [1.54, 1.807) is 12.1 Å². The van der Waals surface area contributed by atoms with Crippen LogP contribution in [-0.4, -0.2) is 34.2 Å². The summed E-state index contributed by atoms with van der Waals surface area (Å²) in [6.45, 7) is 1.75. The van der Waals surface area contributed by atoms with Gasteiger partial charge in [-0.3, -0.25) is 9.59 Å². The first-order chi connectivity index (χ1) is 13.5. The molecule has 28 heavy (non-hydrogen) atoms. The molecule has 0 bridgehead atoms. The summed E-state index contributed by atoms with van der Waals surface area (Å²) in [6.07, 6.45) is 0.360. The number of amides is 1. The van der Waals surface area contributed by atoms with Gasteiger partial charge in [0.25, 0.3) is 5.22 Å². The van der Waals surface area contributed by atoms with Gasteiger partial charge in [-0.25, -0.2) is 4.39 Å². The molecule has 6 nitrogen and oxygen atoms in total. The molecular formula is C20H18FN3O3S. The average molecular weight is 399 g/mol. The van der Waals surface area contributed by atoms with Gasteiger partial charge in [0.05, 0.1) is 5.75 Å². The van der Waals surface area contributed by atoms with E-state index in [1.165, 1.54) is 13.0 Å². The van der Waals surface area contributed by atoms with Crippen molar-refractivity contribution in [1.82, 2.24) is 15.5 Å². The summed E-state index contributed by atoms with van der Waals surface area (Å²) in [4.78, 5) is 23.2. The lowest BCUT2D eigenvalue weighted by atomic mass is 10.1. The fraction of sp³-hybridized carbons (Fsp3) is 0.200. The average Bonchev–Trinajstić information content (AvgIpc) is 3.17. The number of Topliss-reactive ketones (excluding diaryl/α,β-unsaturated/α-hetero) is 1. The van der Waals surface area contributed by atoms with Crippen molar-refractivity contribution in [2.75, 3.05) is 12.3 Å². The molecule has 0 radical (unpaired) electrons. The Morgan fingerprint density at radius 2 is 1.93 bits per heavy atom. The van der Waals surface area contributed by atoms with E-state index in [9.17, 15) is 14.0 Å². The lowest BCUT2D eigenvalue weighted by Gasteiger charge is -2.06. The fourth-order valence-corrected chi connectivity index (χ4v) is 3.13. The van der Waals surface area contributed by atoms with Crippen LogP contribution in [-0.2, 0) is 11.2 Å². The minimum Gasteiger partial charge on any atom is -0.411 e. The van der Waals surface area contributed by atoms with E-state index in [4.69, 9.17) is 4.42 Å². The van der Waals surface area contributed by atoms with Crippen LogP contribution in [0.25, 0.3) is 11.5 Å². The highest BCUT2D eigenvalue weighted by Crippen LogP contribution is 2.23. The minimum atomic E-state index is -0.467. The molecule has 1 amide bonds. The second-order valence-electron chi connectivity index (χ2n) is 5.99. The minimum absolute atomic E-state index is 0.0566. The lowest BCUT2D eigenvalue weighted by molar-refractivity contribution is -0.118. The monoisotopic (exact) mass is 399 g/mol. The Kier molecular flexibility index (Phi) is 6.54. The van der Waals surface area contributed by atoms with E-state index >= 15 is 0 Å². The van der Waals surface area contributed by atoms with Crippen molar-refractivity contribution in [3.8, 4) is 11.5 Å². The van der Waals surface area contributed by atoms with Gasteiger partial charge in [0, 0.05) is 24.6 Å². The maximum atomic E-state index is 14.2. The molecule has 1 N–H and O–H groups in total. The number of nitrogens with zero attached hydrogens (tertiary/aromatic N) is 2. The van der Waals surface area contributed by atoms with Gasteiger partial charge in [-0.05, 0) is 30.2 Å². The predicted molar refractivity (Wildman–Crippen MR) is 104 cm³/mol. The number of thioether (sulfide) groups is 1. The first-order valence-corrected chi connectivity index (χ1v) is 9.59. The molecule has 1 heterocycles. The van der Waals surface area contributed by atoms with Gasteiger partial charge in [-0.1, -0.05) is 42.1 Å². The molecule has 0 saturated carbocycles. The number of rotatable bonds is 8. The van der Waals surface area contributed by atoms with Crippen LogP contribution in [0.15, 0.2) is 58.2 Å². The Hall–Kier alpha value is -3.00. The van der Waals surface area contributed by atoms with Gasteiger partial charge >= 0.3 is 0 Å². The Balaban J connectivity index is 1.57. The number of aromatic nitrogens is 2. The summed E-state index contributed by atoms with van der Waals surface area (Å²) in [7, 11) is 0. The zero-order valence-electron chi connectivity index (χ0n) is 15.1. The van der Waals surface area contributed by atoms with Crippen molar-refractivity contribution in [2.45, 2.75) is 18.6 Å². The lowest BCUT2D eigenvalue weighted by Crippen LogP contribution is -2.22. The van der Waals surface area contributed by atoms with Gasteiger partial charge < -0.3 is 9.73 Å². The predicted octanol–water partition coefficient (Wildman–Crippen LogP) is 3.53. The third-order valence-electron chi connectivity index (χ3n) is 3.90. The van der Waals surface area contributed by atoms with Crippen LogP contribution in [0, 0.1) is 5.82 Å². The standard InChI is InChI=1S/C20H18FN3O3S/c1-13(25)22-10-9-14-7-8-16(11-17(14)21)18(26)12-28-20-24-23-19(27-20)15-5-3-2-4-6-15/h2-8,11H,9-10,12H2,1H3,(H,22,25). The van der Waals surface area contributed by atoms with Crippen molar-refractivity contribution < 1.29 is 18.4 Å². The molecule has 1 aromatic heterocycles. The molecule has 3 aromatic rings. The Labute approximate surface area is 165 Å². The highest BCUT2D eigenvalue weighted by molar-refractivity contribution is 7.99. The normalized spacial score (nSPS) is 10.6. The van der Waals surface area contributed by atoms with E-state index in [0.29, 0.717) is 24.4 Å². The van der Waals surface area contributed by atoms with Crippen molar-refractivity contribution in [3.63, 3.8) is 0 Å². The van der Waals surface area contributed by atoms with Crippen LogP contribution in [0.3, 0.4) is 0 Å². The SMILES string of the molecule is CC(=O)NCCc1ccc(C(=O)CSc2nnc(-c3ccccc3)o2)cc1F. The molecule has 0 fully saturated rings. The third kappa shape index (κ3) is 5.26. The zero-order chi connectivity index (χ0) is 19.9. The van der Waals surface area contributed by atoms with Gasteiger partial charge in [0.1, 0.15) is 5.82 Å². The third-order valence-corrected chi connectivity index (χ3v) is 4.72. The van der Waals surface area contributed by atoms with E-state index in [0.717, 1.165) is 17.3 Å². The summed E-state index contributed by atoms with van der Waals surface area (Å²) in [5, 5.41) is 10.8. The highest BCUT2D eigenvalue weighted by Gasteiger charge is 2.14. The summed E-state index contributed by atoms with van der Waals surface area (Å²) in [6, 6.07) is 13.7. The van der Waals surface area contributed by atoms with Crippen LogP contribution in [0.5, 0.6) is 0 Å². The molecule has 0 spiro atoms. The number of ketones is 1. The van der Waals surface area contributed by atoms with Crippen molar-refractivity contribution in [3.05, 3.63) is 65.5 Å². The molecule has 0 aliphatic carbocycles. The number of benzene rings is 2. The topological polar surface area (TPSA) is 85.1 Å². The molecule has 8 heteroatoms. The first kappa shape index (κ1) is 19.8. The van der Waals surface area contributed by atoms with E-state index in [-0.39, 0.29) is 28.2 Å². The summed E-state index contributed by atoms with van der Waals surface area (Å²) in [5.74, 6) is -0.436. The maximum absolute atomic E-state index is 14.2. The molecule has 3 rings (SSSR count). The van der Waals surface area contributed by atoms with Crippen molar-refractivity contribution in [2.24, 2.45) is 0 Å². The fourth-order valence-electron chi connectivity index (χ4n) is 2.47. The molecule has 2 aromatic carbocycles. The van der Waals surface area contributed by atoms with Crippen molar-refractivity contribution >= 4 is 23.5 Å². The largest absolute Gasteiger partial charge is 0.411 e. The van der Waals surface area contributed by atoms with Crippen LogP contribution in [0.1, 0.15) is 22.8 Å². The summed E-state index contributed by atoms with van der Waals surface area (Å²) >= 11 is 1.11. The van der Waals surface area contributed by atoms with E-state index in [2.05, 4.69) is 15.5 Å². The first-order valence-electron chi connectivity index (χ1n) is 8.60. The van der Waals surface area contributed by atoms with Gasteiger partial charge in [0.2, 0.25) is 11.8 Å². The van der Waals surface area contributed by atoms with Crippen molar-refractivity contribution in [1.29, 1.82) is 0 Å². The molecule has 144 valence electrons. The quantitative estimate of drug-likeness (QED) is 0.461. The maximum Gasteiger partial charge on any atom is 0.277 e. The Bertz CT molecular complexity index is 976. The van der Waals surface area contributed by atoms with Crippen LogP contribution in [0.2, 0.25) is 0 Å². The zero-order valence-corrected chi connectivity index (χ0v) is 16.0. The van der Waals surface area contributed by atoms with Crippen LogP contribution in [0.4, 0.5) is 4.39 Å². The number of carbonyl (C=O) groups excluding carboxylic acids is 2. The number of hydrogen-bond acceptors (Lipinski definition) is 6. The number of nitrogens with one attached hydrogen (secondary N) is 1. The van der Waals surface area contributed by atoms with Crippen LogP contribution < -0.4 is 5.32 Å². The smallest absolute Gasteiger partial charge is 0.277 e. The van der Waals surface area contributed by atoms with E-state index < -0.39 is 5.82 Å². The highest BCUT2D eigenvalue weighted by atomic mass is 32.2. The molecule has 0 atom stereocenters. The molecule has 0 aliphatic heterocycles. The van der Waals surface area contributed by atoms with Gasteiger partial charge in [-0.15, -0.1) is 10.2 Å². The van der Waals surface area contributed by atoms with E-state index in [1.807, 2.05) is 30.3 Å². The number of halogens is 1. The molecule has 0 saturated heterocycles. The van der Waals surface area contributed by atoms with Gasteiger partial charge in [-0.2, -0.15) is 0 Å². The molecular weight excluding hydrogens is 381 g/mol. The Morgan fingerprint density at radius 3 is 2.64 bits per heavy atom. The second kappa shape index (κ2) is 9.27. The number of carbonyl (C=O) groups is 2. The van der Waals surface area contributed by atoms with Crippen LogP contribution >= 0.6 is 11.8 Å². The van der Waals surface area contributed by atoms with Gasteiger partial charge in [0.15, 0.2) is 5.78 Å². The summed E-state index contributed by atoms with van der Waals surface area (Å²) < 4.78 is 19.7. The number of hydrogen-bond donors (Lipinski definition) is 1. The molecule has 0 unspecified atom stereocenters. The Morgan fingerprint density at radius 1 is 1.14 bits per heavy atom. The molecule has 0 aliphatic rings.